The molecule has 2 rings (SSSR count). The Hall–Kier alpha value is -1.53. The zero-order chi connectivity index (χ0) is 15.4. The van der Waals surface area contributed by atoms with Crippen LogP contribution >= 0.6 is 0 Å². The molecule has 1 aliphatic heterocycles. The van der Waals surface area contributed by atoms with E-state index in [0.29, 0.717) is 25.2 Å². The van der Waals surface area contributed by atoms with Gasteiger partial charge in [-0.1, -0.05) is 0 Å². The third kappa shape index (κ3) is 4.22. The van der Waals surface area contributed by atoms with Crippen LogP contribution in [0.5, 0.6) is 0 Å². The molecule has 1 heterocycles. The van der Waals surface area contributed by atoms with Gasteiger partial charge in [-0.05, 0) is 25.2 Å². The SMILES string of the molecule is CNC(=O)[C@@H]1CN(C)CCN(Cc2cc(F)ccc2F)C1. The molecule has 0 radical (unpaired) electrons. The number of nitrogens with zero attached hydrogens (tertiary/aromatic N) is 2. The van der Waals surface area contributed by atoms with Gasteiger partial charge >= 0.3 is 0 Å². The van der Waals surface area contributed by atoms with Gasteiger partial charge in [-0.3, -0.25) is 9.69 Å². The summed E-state index contributed by atoms with van der Waals surface area (Å²) in [4.78, 5) is 16.0. The van der Waals surface area contributed by atoms with Gasteiger partial charge in [-0.25, -0.2) is 8.78 Å². The molecule has 0 unspecified atom stereocenters. The number of halogens is 2. The molecule has 1 saturated heterocycles. The average Bonchev–Trinajstić information content (AvgIpc) is 2.64. The van der Waals surface area contributed by atoms with Crippen LogP contribution in [-0.4, -0.2) is 56.0 Å². The van der Waals surface area contributed by atoms with Gasteiger partial charge in [0.2, 0.25) is 5.91 Å². The summed E-state index contributed by atoms with van der Waals surface area (Å²) in [5.41, 5.74) is 0.329. The van der Waals surface area contributed by atoms with Crippen LogP contribution in [0.15, 0.2) is 18.2 Å². The van der Waals surface area contributed by atoms with Crippen molar-refractivity contribution < 1.29 is 13.6 Å². The fraction of sp³-hybridized carbons (Fsp3) is 0.533. The Morgan fingerprint density at radius 1 is 1.33 bits per heavy atom. The van der Waals surface area contributed by atoms with Crippen LogP contribution in [-0.2, 0) is 11.3 Å². The maximum atomic E-state index is 13.7. The smallest absolute Gasteiger partial charge is 0.225 e. The molecule has 1 aromatic rings. The Morgan fingerprint density at radius 3 is 2.81 bits per heavy atom. The van der Waals surface area contributed by atoms with E-state index in [0.717, 1.165) is 25.2 Å². The molecule has 4 nitrogen and oxygen atoms in total. The lowest BCUT2D eigenvalue weighted by molar-refractivity contribution is -0.125. The minimum Gasteiger partial charge on any atom is -0.359 e. The Balaban J connectivity index is 2.11. The van der Waals surface area contributed by atoms with Crippen molar-refractivity contribution in [3.05, 3.63) is 35.4 Å². The predicted octanol–water partition coefficient (Wildman–Crippen LogP) is 1.07. The van der Waals surface area contributed by atoms with Crippen molar-refractivity contribution in [1.29, 1.82) is 0 Å². The van der Waals surface area contributed by atoms with Gasteiger partial charge in [0.1, 0.15) is 11.6 Å². The van der Waals surface area contributed by atoms with Crippen molar-refractivity contribution in [2.75, 3.05) is 40.3 Å². The fourth-order valence-corrected chi connectivity index (χ4v) is 2.66. The maximum absolute atomic E-state index is 13.7. The fourth-order valence-electron chi connectivity index (χ4n) is 2.66. The second-order valence-corrected chi connectivity index (χ2v) is 5.54. The first kappa shape index (κ1) is 15.9. The Kier molecular flexibility index (Phi) is 5.25. The number of amides is 1. The van der Waals surface area contributed by atoms with E-state index < -0.39 is 11.6 Å². The van der Waals surface area contributed by atoms with Crippen LogP contribution in [0.25, 0.3) is 0 Å². The number of rotatable bonds is 3. The molecule has 1 aromatic carbocycles. The van der Waals surface area contributed by atoms with Crippen LogP contribution in [0.1, 0.15) is 5.56 Å². The molecule has 0 bridgehead atoms. The highest BCUT2D eigenvalue weighted by atomic mass is 19.1. The summed E-state index contributed by atoms with van der Waals surface area (Å²) >= 11 is 0. The molecule has 0 spiro atoms. The van der Waals surface area contributed by atoms with Crippen LogP contribution in [0.2, 0.25) is 0 Å². The Morgan fingerprint density at radius 2 is 2.10 bits per heavy atom. The van der Waals surface area contributed by atoms with Crippen molar-refractivity contribution in [3.8, 4) is 0 Å². The maximum Gasteiger partial charge on any atom is 0.225 e. The van der Waals surface area contributed by atoms with Gasteiger partial charge in [-0.15, -0.1) is 0 Å². The lowest BCUT2D eigenvalue weighted by Crippen LogP contribution is -2.39. The van der Waals surface area contributed by atoms with E-state index >= 15 is 0 Å². The van der Waals surface area contributed by atoms with Crippen molar-refractivity contribution in [2.45, 2.75) is 6.54 Å². The topological polar surface area (TPSA) is 35.6 Å². The predicted molar refractivity (Wildman–Crippen MR) is 76.7 cm³/mol. The van der Waals surface area contributed by atoms with E-state index in [2.05, 4.69) is 10.2 Å². The van der Waals surface area contributed by atoms with E-state index in [-0.39, 0.29) is 11.8 Å². The Bertz CT molecular complexity index is 510. The zero-order valence-corrected chi connectivity index (χ0v) is 12.4. The highest BCUT2D eigenvalue weighted by molar-refractivity contribution is 5.78. The molecule has 0 aliphatic carbocycles. The number of likely N-dealkylation sites (N-methyl/N-ethyl adjacent to an activating group) is 1. The second-order valence-electron chi connectivity index (χ2n) is 5.54. The molecule has 1 atom stereocenters. The van der Waals surface area contributed by atoms with E-state index in [1.54, 1.807) is 7.05 Å². The second kappa shape index (κ2) is 6.95. The van der Waals surface area contributed by atoms with Gasteiger partial charge in [0.05, 0.1) is 5.92 Å². The minimum absolute atomic E-state index is 0.0199. The minimum atomic E-state index is -0.443. The average molecular weight is 297 g/mol. The van der Waals surface area contributed by atoms with E-state index in [1.807, 2.05) is 11.9 Å². The molecule has 116 valence electrons. The summed E-state index contributed by atoms with van der Waals surface area (Å²) < 4.78 is 27.0. The monoisotopic (exact) mass is 297 g/mol. The number of benzene rings is 1. The number of hydrogen-bond donors (Lipinski definition) is 1. The lowest BCUT2D eigenvalue weighted by atomic mass is 10.1. The first-order chi connectivity index (χ1) is 9.99. The molecule has 1 aliphatic rings. The summed E-state index contributed by atoms with van der Waals surface area (Å²) in [5, 5.41) is 2.66. The van der Waals surface area contributed by atoms with Crippen molar-refractivity contribution in [2.24, 2.45) is 5.92 Å². The standard InChI is InChI=1S/C15H21F2N3O/c1-18-15(21)12-8-19(2)5-6-20(10-12)9-11-7-13(16)3-4-14(11)17/h3-4,7,12H,5-6,8-10H2,1-2H3,(H,18,21)/t12-/m1/s1. The van der Waals surface area contributed by atoms with Gasteiger partial charge in [0.25, 0.3) is 0 Å². The molecule has 0 saturated carbocycles. The van der Waals surface area contributed by atoms with Gasteiger partial charge in [0.15, 0.2) is 0 Å². The van der Waals surface area contributed by atoms with Crippen LogP contribution in [0.3, 0.4) is 0 Å². The van der Waals surface area contributed by atoms with Gasteiger partial charge in [0, 0.05) is 45.3 Å². The van der Waals surface area contributed by atoms with Crippen molar-refractivity contribution in [3.63, 3.8) is 0 Å². The van der Waals surface area contributed by atoms with E-state index in [1.165, 1.54) is 6.07 Å². The first-order valence-corrected chi connectivity index (χ1v) is 7.06. The molecule has 21 heavy (non-hydrogen) atoms. The summed E-state index contributed by atoms with van der Waals surface area (Å²) in [6.45, 7) is 3.04. The van der Waals surface area contributed by atoms with Crippen molar-refractivity contribution >= 4 is 5.91 Å². The van der Waals surface area contributed by atoms with Crippen LogP contribution in [0.4, 0.5) is 8.78 Å². The third-order valence-corrected chi connectivity index (χ3v) is 3.83. The quantitative estimate of drug-likeness (QED) is 0.907. The molecular formula is C15H21F2N3O. The summed E-state index contributed by atoms with van der Waals surface area (Å²) in [6, 6.07) is 3.48. The highest BCUT2D eigenvalue weighted by Crippen LogP contribution is 2.16. The molecule has 1 fully saturated rings. The summed E-state index contributed by atoms with van der Waals surface area (Å²) in [6.07, 6.45) is 0. The largest absolute Gasteiger partial charge is 0.359 e. The summed E-state index contributed by atoms with van der Waals surface area (Å²) in [7, 11) is 3.58. The van der Waals surface area contributed by atoms with Crippen molar-refractivity contribution in [1.82, 2.24) is 15.1 Å². The van der Waals surface area contributed by atoms with Crippen LogP contribution in [0, 0.1) is 17.6 Å². The van der Waals surface area contributed by atoms with Crippen LogP contribution < -0.4 is 5.32 Å². The Labute approximate surface area is 123 Å². The van der Waals surface area contributed by atoms with E-state index in [9.17, 15) is 13.6 Å². The molecule has 1 N–H and O–H groups in total. The number of carbonyl (C=O) groups is 1. The van der Waals surface area contributed by atoms with E-state index in [4.69, 9.17) is 0 Å². The third-order valence-electron chi connectivity index (χ3n) is 3.83. The zero-order valence-electron chi connectivity index (χ0n) is 12.4. The molecule has 6 heteroatoms. The first-order valence-electron chi connectivity index (χ1n) is 7.06. The summed E-state index contributed by atoms with van der Waals surface area (Å²) in [5.74, 6) is -1.04. The molecular weight excluding hydrogens is 276 g/mol. The van der Waals surface area contributed by atoms with Gasteiger partial charge < -0.3 is 10.2 Å². The number of nitrogens with one attached hydrogen (secondary N) is 1. The number of hydrogen-bond acceptors (Lipinski definition) is 3. The highest BCUT2D eigenvalue weighted by Gasteiger charge is 2.26. The molecule has 1 amide bonds. The van der Waals surface area contributed by atoms with Gasteiger partial charge in [-0.2, -0.15) is 0 Å². The normalized spacial score (nSPS) is 21.0. The lowest BCUT2D eigenvalue weighted by Gasteiger charge is -2.23. The molecule has 0 aromatic heterocycles. The number of carbonyl (C=O) groups excluding carboxylic acids is 1.